The van der Waals surface area contributed by atoms with E-state index in [4.69, 9.17) is 4.74 Å². The summed E-state index contributed by atoms with van der Waals surface area (Å²) in [6.45, 7) is 2.88. The number of halogens is 3. The molecule has 8 heteroatoms. The van der Waals surface area contributed by atoms with Crippen LogP contribution in [0, 0.1) is 6.92 Å². The minimum Gasteiger partial charge on any atom is -0.383 e. The van der Waals surface area contributed by atoms with E-state index in [0.717, 1.165) is 5.56 Å². The summed E-state index contributed by atoms with van der Waals surface area (Å²) in [5, 5.41) is 5.51. The Morgan fingerprint density at radius 1 is 1.36 bits per heavy atom. The number of carbonyl (C=O) groups is 1. The Morgan fingerprint density at radius 2 is 2.09 bits per heavy atom. The first-order valence-corrected chi connectivity index (χ1v) is 7.60. The van der Waals surface area contributed by atoms with Crippen LogP contribution in [0.3, 0.4) is 0 Å². The topological polar surface area (TPSA) is 50.4 Å². The van der Waals surface area contributed by atoms with Gasteiger partial charge in [0.2, 0.25) is 5.91 Å². The molecule has 4 nitrogen and oxygen atoms in total. The maximum absolute atomic E-state index is 12.3. The summed E-state index contributed by atoms with van der Waals surface area (Å²) in [5.41, 5.74) is 1.26. The molecule has 0 aliphatic rings. The second kappa shape index (κ2) is 9.02. The van der Waals surface area contributed by atoms with Crippen LogP contribution in [0.25, 0.3) is 0 Å². The lowest BCUT2D eigenvalue weighted by molar-refractivity contribution is -0.115. The third-order valence-corrected chi connectivity index (χ3v) is 3.71. The van der Waals surface area contributed by atoms with Crippen molar-refractivity contribution in [2.45, 2.75) is 18.0 Å². The molecule has 0 fully saturated rings. The van der Waals surface area contributed by atoms with Gasteiger partial charge in [-0.25, -0.2) is 0 Å². The van der Waals surface area contributed by atoms with Crippen LogP contribution in [0.2, 0.25) is 0 Å². The van der Waals surface area contributed by atoms with Crippen LogP contribution in [0.5, 0.6) is 0 Å². The van der Waals surface area contributed by atoms with E-state index in [1.165, 1.54) is 0 Å². The van der Waals surface area contributed by atoms with Gasteiger partial charge in [0.1, 0.15) is 0 Å². The first-order valence-electron chi connectivity index (χ1n) is 6.61. The molecule has 22 heavy (non-hydrogen) atoms. The Morgan fingerprint density at radius 3 is 2.73 bits per heavy atom. The van der Waals surface area contributed by atoms with Crippen LogP contribution in [0.1, 0.15) is 5.56 Å². The Hall–Kier alpha value is -1.25. The van der Waals surface area contributed by atoms with Gasteiger partial charge < -0.3 is 15.4 Å². The second-order valence-corrected chi connectivity index (χ2v) is 5.64. The molecule has 0 saturated heterocycles. The van der Waals surface area contributed by atoms with Crippen molar-refractivity contribution < 1.29 is 22.7 Å². The van der Waals surface area contributed by atoms with Gasteiger partial charge in [-0.05, 0) is 24.6 Å². The molecule has 0 saturated carbocycles. The van der Waals surface area contributed by atoms with E-state index in [2.05, 4.69) is 10.6 Å². The van der Waals surface area contributed by atoms with E-state index >= 15 is 0 Å². The van der Waals surface area contributed by atoms with Gasteiger partial charge in [-0.2, -0.15) is 13.2 Å². The molecule has 0 bridgehead atoms. The van der Waals surface area contributed by atoms with E-state index < -0.39 is 11.9 Å². The molecule has 0 heterocycles. The number of hydrogen-bond acceptors (Lipinski definition) is 4. The SMILES string of the molecule is COCCNCC(=O)Nc1cc(C)ccc1SCC(F)(F)F. The second-order valence-electron chi connectivity index (χ2n) is 4.62. The normalized spacial score (nSPS) is 11.5. The van der Waals surface area contributed by atoms with Crippen LogP contribution in [0.15, 0.2) is 23.1 Å². The maximum atomic E-state index is 12.3. The summed E-state index contributed by atoms with van der Waals surface area (Å²) < 4.78 is 41.8. The molecular weight excluding hydrogens is 317 g/mol. The van der Waals surface area contributed by atoms with Gasteiger partial charge in [0.05, 0.1) is 24.6 Å². The van der Waals surface area contributed by atoms with E-state index in [1.807, 2.05) is 6.92 Å². The van der Waals surface area contributed by atoms with Gasteiger partial charge in [0.25, 0.3) is 0 Å². The number of hydrogen-bond donors (Lipinski definition) is 2. The van der Waals surface area contributed by atoms with Crippen molar-refractivity contribution in [2.75, 3.05) is 37.9 Å². The first kappa shape index (κ1) is 18.8. The van der Waals surface area contributed by atoms with Gasteiger partial charge in [-0.1, -0.05) is 6.07 Å². The molecule has 0 unspecified atom stereocenters. The third kappa shape index (κ3) is 7.67. The van der Waals surface area contributed by atoms with E-state index in [-0.39, 0.29) is 12.5 Å². The number of amides is 1. The first-order chi connectivity index (χ1) is 10.3. The van der Waals surface area contributed by atoms with Gasteiger partial charge in [-0.3, -0.25) is 4.79 Å². The fourth-order valence-electron chi connectivity index (χ4n) is 1.60. The Bertz CT molecular complexity index is 495. The number of carbonyl (C=O) groups excluding carboxylic acids is 1. The lowest BCUT2D eigenvalue weighted by Gasteiger charge is -2.13. The van der Waals surface area contributed by atoms with Crippen LogP contribution >= 0.6 is 11.8 Å². The highest BCUT2D eigenvalue weighted by atomic mass is 32.2. The van der Waals surface area contributed by atoms with E-state index in [0.29, 0.717) is 35.5 Å². The molecule has 1 aromatic rings. The maximum Gasteiger partial charge on any atom is 0.398 e. The molecule has 0 aliphatic carbocycles. The number of rotatable bonds is 8. The fraction of sp³-hybridized carbons (Fsp3) is 0.500. The highest BCUT2D eigenvalue weighted by Gasteiger charge is 2.27. The molecule has 0 aromatic heterocycles. The number of benzene rings is 1. The number of ether oxygens (including phenoxy) is 1. The average Bonchev–Trinajstić information content (AvgIpc) is 2.42. The minimum atomic E-state index is -4.25. The Kier molecular flexibility index (Phi) is 7.70. The molecule has 1 amide bonds. The molecule has 1 aromatic carbocycles. The Balaban J connectivity index is 2.63. The van der Waals surface area contributed by atoms with Gasteiger partial charge in [-0.15, -0.1) is 11.8 Å². The molecule has 0 spiro atoms. The monoisotopic (exact) mass is 336 g/mol. The molecule has 0 aliphatic heterocycles. The number of aryl methyl sites for hydroxylation is 1. The number of thioether (sulfide) groups is 1. The van der Waals surface area contributed by atoms with Crippen LogP contribution in [-0.2, 0) is 9.53 Å². The van der Waals surface area contributed by atoms with Gasteiger partial charge in [0, 0.05) is 18.6 Å². The van der Waals surface area contributed by atoms with Crippen molar-refractivity contribution in [3.8, 4) is 0 Å². The lowest BCUT2D eigenvalue weighted by atomic mass is 10.2. The highest BCUT2D eigenvalue weighted by Crippen LogP contribution is 2.32. The van der Waals surface area contributed by atoms with Gasteiger partial charge in [0.15, 0.2) is 0 Å². The van der Waals surface area contributed by atoms with Crippen molar-refractivity contribution in [2.24, 2.45) is 0 Å². The molecule has 124 valence electrons. The molecule has 0 atom stereocenters. The lowest BCUT2D eigenvalue weighted by Crippen LogP contribution is -2.30. The van der Waals surface area contributed by atoms with Crippen molar-refractivity contribution >= 4 is 23.4 Å². The van der Waals surface area contributed by atoms with Crippen molar-refractivity contribution in [1.29, 1.82) is 0 Å². The predicted octanol–water partition coefficient (Wildman–Crippen LogP) is 2.82. The molecule has 2 N–H and O–H groups in total. The third-order valence-electron chi connectivity index (χ3n) is 2.57. The van der Waals surface area contributed by atoms with Crippen LogP contribution in [0.4, 0.5) is 18.9 Å². The summed E-state index contributed by atoms with van der Waals surface area (Å²) >= 11 is 0.657. The quantitative estimate of drug-likeness (QED) is 0.566. The summed E-state index contributed by atoms with van der Waals surface area (Å²) in [5.74, 6) is -1.30. The zero-order valence-electron chi connectivity index (χ0n) is 12.4. The predicted molar refractivity (Wildman–Crippen MR) is 81.3 cm³/mol. The largest absolute Gasteiger partial charge is 0.398 e. The minimum absolute atomic E-state index is 0.0701. The number of nitrogens with one attached hydrogen (secondary N) is 2. The van der Waals surface area contributed by atoms with Crippen LogP contribution in [-0.4, -0.2) is 44.6 Å². The number of methoxy groups -OCH3 is 1. The van der Waals surface area contributed by atoms with E-state index in [1.54, 1.807) is 25.3 Å². The van der Waals surface area contributed by atoms with Crippen LogP contribution < -0.4 is 10.6 Å². The molecule has 1 rings (SSSR count). The van der Waals surface area contributed by atoms with Crippen molar-refractivity contribution in [1.82, 2.24) is 5.32 Å². The highest BCUT2D eigenvalue weighted by molar-refractivity contribution is 7.99. The van der Waals surface area contributed by atoms with Crippen molar-refractivity contribution in [3.05, 3.63) is 23.8 Å². The zero-order valence-corrected chi connectivity index (χ0v) is 13.2. The average molecular weight is 336 g/mol. The van der Waals surface area contributed by atoms with Crippen molar-refractivity contribution in [3.63, 3.8) is 0 Å². The summed E-state index contributed by atoms with van der Waals surface area (Å²) in [6, 6.07) is 4.96. The van der Waals surface area contributed by atoms with Gasteiger partial charge >= 0.3 is 6.18 Å². The van der Waals surface area contributed by atoms with E-state index in [9.17, 15) is 18.0 Å². The zero-order chi connectivity index (χ0) is 16.6. The fourth-order valence-corrected chi connectivity index (χ4v) is 2.35. The summed E-state index contributed by atoms with van der Waals surface area (Å²) in [6.07, 6.45) is -4.25. The summed E-state index contributed by atoms with van der Waals surface area (Å²) in [4.78, 5) is 12.2. The summed E-state index contributed by atoms with van der Waals surface area (Å²) in [7, 11) is 1.55. The Labute approximate surface area is 131 Å². The number of alkyl halides is 3. The standard InChI is InChI=1S/C14H19F3N2O2S/c1-10-3-4-12(22-9-14(15,16)17)11(7-10)19-13(20)8-18-5-6-21-2/h3-4,7,18H,5-6,8-9H2,1-2H3,(H,19,20). The molecular formula is C14H19F3N2O2S. The molecule has 0 radical (unpaired) electrons. The number of anilines is 1. The smallest absolute Gasteiger partial charge is 0.383 e.